The number of hydrogen-bond acceptors (Lipinski definition) is 3. The van der Waals surface area contributed by atoms with E-state index < -0.39 is 0 Å². The molecule has 0 N–H and O–H groups in total. The summed E-state index contributed by atoms with van der Waals surface area (Å²) in [6.45, 7) is 7.18. The minimum Gasteiger partial charge on any atom is -0.437 e. The van der Waals surface area contributed by atoms with E-state index in [0.717, 1.165) is 38.6 Å². The van der Waals surface area contributed by atoms with Crippen LogP contribution in [0.4, 0.5) is 0 Å². The van der Waals surface area contributed by atoms with Crippen LogP contribution in [0.1, 0.15) is 48.9 Å². The van der Waals surface area contributed by atoms with E-state index in [-0.39, 0.29) is 0 Å². The maximum absolute atomic E-state index is 6.18. The number of pyridine rings is 1. The average Bonchev–Trinajstić information content (AvgIpc) is 3.16. The van der Waals surface area contributed by atoms with E-state index in [4.69, 9.17) is 9.41 Å². The molecule has 5 rings (SSSR count). The Morgan fingerprint density at radius 2 is 1.77 bits per heavy atom. The van der Waals surface area contributed by atoms with Gasteiger partial charge in [-0.1, -0.05) is 62.4 Å². The van der Waals surface area contributed by atoms with Crippen molar-refractivity contribution in [1.29, 1.82) is 0 Å². The number of benzene rings is 2. The van der Waals surface area contributed by atoms with E-state index >= 15 is 0 Å². The highest BCUT2D eigenvalue weighted by Gasteiger charge is 2.16. The van der Waals surface area contributed by atoms with Crippen molar-refractivity contribution < 1.29 is 4.42 Å². The van der Waals surface area contributed by atoms with Gasteiger partial charge >= 0.3 is 0 Å². The molecule has 2 aromatic carbocycles. The predicted molar refractivity (Wildman–Crippen MR) is 126 cm³/mol. The van der Waals surface area contributed by atoms with Gasteiger partial charge in [0.1, 0.15) is 5.58 Å². The molecule has 3 heterocycles. The van der Waals surface area contributed by atoms with Crippen molar-refractivity contribution in [2.45, 2.75) is 33.2 Å². The van der Waals surface area contributed by atoms with Crippen LogP contribution in [-0.2, 0) is 6.54 Å². The molecule has 0 saturated carbocycles. The number of nitrogens with zero attached hydrogens (tertiary/aromatic N) is 2. The van der Waals surface area contributed by atoms with E-state index in [9.17, 15) is 0 Å². The van der Waals surface area contributed by atoms with Crippen molar-refractivity contribution in [3.63, 3.8) is 0 Å². The predicted octanol–water partition coefficient (Wildman–Crippen LogP) is 7.18. The molecule has 1 aliphatic rings. The van der Waals surface area contributed by atoms with Gasteiger partial charge in [0.05, 0.1) is 6.54 Å². The Morgan fingerprint density at radius 1 is 0.933 bits per heavy atom. The zero-order valence-corrected chi connectivity index (χ0v) is 17.5. The van der Waals surface area contributed by atoms with E-state index in [1.807, 2.05) is 12.3 Å². The molecular weight excluding hydrogens is 368 g/mol. The Morgan fingerprint density at radius 3 is 2.57 bits per heavy atom. The summed E-state index contributed by atoms with van der Waals surface area (Å²) < 4.78 is 6.18. The number of aromatic nitrogens is 1. The van der Waals surface area contributed by atoms with Crippen molar-refractivity contribution in [1.82, 2.24) is 4.98 Å². The molecule has 3 nitrogen and oxygen atoms in total. The number of aliphatic imine (C=N–C) groups is 1. The van der Waals surface area contributed by atoms with E-state index in [2.05, 4.69) is 80.4 Å². The maximum atomic E-state index is 6.18. The lowest BCUT2D eigenvalue weighted by molar-refractivity contribution is 0.652. The Hall–Kier alpha value is -3.46. The lowest BCUT2D eigenvalue weighted by Crippen LogP contribution is -1.92. The zero-order valence-electron chi connectivity index (χ0n) is 17.5. The largest absolute Gasteiger partial charge is 0.437 e. The maximum Gasteiger partial charge on any atom is 0.227 e. The normalized spacial score (nSPS) is 17.7. The van der Waals surface area contributed by atoms with Crippen molar-refractivity contribution >= 4 is 39.4 Å². The molecule has 0 aliphatic carbocycles. The van der Waals surface area contributed by atoms with Crippen molar-refractivity contribution in [3.8, 4) is 0 Å². The van der Waals surface area contributed by atoms with Gasteiger partial charge < -0.3 is 4.42 Å². The van der Waals surface area contributed by atoms with Crippen molar-refractivity contribution in [2.24, 2.45) is 4.99 Å². The third-order valence-corrected chi connectivity index (χ3v) is 5.81. The van der Waals surface area contributed by atoms with Crippen LogP contribution in [0.25, 0.3) is 33.2 Å². The molecule has 30 heavy (non-hydrogen) atoms. The summed E-state index contributed by atoms with van der Waals surface area (Å²) in [4.78, 5) is 9.16. The highest BCUT2D eigenvalue weighted by atomic mass is 16.3. The first-order valence-corrected chi connectivity index (χ1v) is 10.4. The first-order valence-electron chi connectivity index (χ1n) is 10.4. The molecular formula is C27H24N2O. The summed E-state index contributed by atoms with van der Waals surface area (Å²) in [6, 6.07) is 17.1. The summed E-state index contributed by atoms with van der Waals surface area (Å²) in [5.74, 6) is 0.527. The molecule has 1 aliphatic heterocycles. The second kappa shape index (κ2) is 7.42. The fourth-order valence-electron chi connectivity index (χ4n) is 4.09. The molecule has 148 valence electrons. The van der Waals surface area contributed by atoms with Gasteiger partial charge in [-0.3, -0.25) is 4.99 Å². The SMILES string of the molecule is C/C1=C\C=C(\c2ccc(C(C)C)cc2)C=NCc2ccc3c(oc4ncccc43)c21. The lowest BCUT2D eigenvalue weighted by atomic mass is 9.96. The van der Waals surface area contributed by atoms with Gasteiger partial charge in [0.2, 0.25) is 5.71 Å². The topological polar surface area (TPSA) is 38.4 Å². The Bertz CT molecular complexity index is 1330. The zero-order chi connectivity index (χ0) is 20.7. The number of allylic oxidation sites excluding steroid dienone is 4. The number of hydrogen-bond donors (Lipinski definition) is 0. The van der Waals surface area contributed by atoms with Gasteiger partial charge in [-0.25, -0.2) is 4.98 Å². The fraction of sp³-hybridized carbons (Fsp3) is 0.185. The van der Waals surface area contributed by atoms with Crippen molar-refractivity contribution in [3.05, 3.63) is 89.1 Å². The van der Waals surface area contributed by atoms with Gasteiger partial charge in [0.25, 0.3) is 0 Å². The molecule has 0 spiro atoms. The molecule has 0 bridgehead atoms. The van der Waals surface area contributed by atoms with Crippen LogP contribution >= 0.6 is 0 Å². The standard InChI is InChI=1S/C27H24N2O/c1-17(2)19-8-10-20(11-9-19)21-7-6-18(3)25-22(16-28-15-21)12-13-23-24-5-4-14-29-27(24)30-26(23)25/h4-15,17H,16H2,1-3H3/b18-6+,21-7+,28-15?. The first-order chi connectivity index (χ1) is 14.6. The third kappa shape index (κ3) is 3.17. The molecule has 0 unspecified atom stereocenters. The van der Waals surface area contributed by atoms with Crippen LogP contribution < -0.4 is 0 Å². The summed E-state index contributed by atoms with van der Waals surface area (Å²) in [7, 11) is 0. The average molecular weight is 393 g/mol. The minimum absolute atomic E-state index is 0.527. The molecule has 4 aromatic rings. The van der Waals surface area contributed by atoms with Crippen LogP contribution in [0.3, 0.4) is 0 Å². The second-order valence-electron chi connectivity index (χ2n) is 8.15. The second-order valence-corrected chi connectivity index (χ2v) is 8.15. The summed E-state index contributed by atoms with van der Waals surface area (Å²) in [6.07, 6.45) is 8.07. The van der Waals surface area contributed by atoms with E-state index in [1.165, 1.54) is 11.1 Å². The van der Waals surface area contributed by atoms with E-state index in [0.29, 0.717) is 18.2 Å². The molecule has 0 amide bonds. The number of furan rings is 1. The van der Waals surface area contributed by atoms with Crippen molar-refractivity contribution in [2.75, 3.05) is 0 Å². The highest BCUT2D eigenvalue weighted by Crippen LogP contribution is 2.36. The molecule has 0 radical (unpaired) electrons. The quantitative estimate of drug-likeness (QED) is 0.362. The minimum atomic E-state index is 0.527. The van der Waals surface area contributed by atoms with Crippen LogP contribution in [0.2, 0.25) is 0 Å². The third-order valence-electron chi connectivity index (χ3n) is 5.81. The molecule has 3 heteroatoms. The smallest absolute Gasteiger partial charge is 0.227 e. The highest BCUT2D eigenvalue weighted by molar-refractivity contribution is 6.11. The van der Waals surface area contributed by atoms with Crippen LogP contribution in [0.15, 0.2) is 76.3 Å². The van der Waals surface area contributed by atoms with Gasteiger partial charge in [-0.05, 0) is 52.8 Å². The van der Waals surface area contributed by atoms with Crippen LogP contribution in [-0.4, -0.2) is 11.2 Å². The van der Waals surface area contributed by atoms with Gasteiger partial charge in [0.15, 0.2) is 0 Å². The Kier molecular flexibility index (Phi) is 4.59. The molecule has 0 saturated heterocycles. The van der Waals surface area contributed by atoms with E-state index in [1.54, 1.807) is 6.20 Å². The Labute approximate surface area is 176 Å². The van der Waals surface area contributed by atoms with Crippen LogP contribution in [0, 0.1) is 0 Å². The molecule has 0 atom stereocenters. The van der Waals surface area contributed by atoms with Crippen LogP contribution in [0.5, 0.6) is 0 Å². The number of rotatable bonds is 2. The van der Waals surface area contributed by atoms with Gasteiger partial charge in [-0.15, -0.1) is 0 Å². The lowest BCUT2D eigenvalue weighted by Gasteiger charge is -2.08. The summed E-state index contributed by atoms with van der Waals surface area (Å²) >= 11 is 0. The van der Waals surface area contributed by atoms with Gasteiger partial charge in [0, 0.05) is 28.7 Å². The monoisotopic (exact) mass is 392 g/mol. The Balaban J connectivity index is 1.63. The number of fused-ring (bicyclic) bond motifs is 5. The molecule has 0 fully saturated rings. The molecule has 2 aromatic heterocycles. The summed E-state index contributed by atoms with van der Waals surface area (Å²) in [5.41, 5.74) is 8.65. The van der Waals surface area contributed by atoms with Gasteiger partial charge in [-0.2, -0.15) is 0 Å². The first kappa shape index (κ1) is 18.6. The summed E-state index contributed by atoms with van der Waals surface area (Å²) in [5, 5.41) is 2.15. The fourth-order valence-corrected chi connectivity index (χ4v) is 4.09.